The molecular formula is C18H28F3N3O2. The minimum atomic E-state index is -4.42. The van der Waals surface area contributed by atoms with Gasteiger partial charge in [-0.1, -0.05) is 12.1 Å². The highest BCUT2D eigenvalue weighted by molar-refractivity contribution is 5.30. The maximum atomic E-state index is 12.9. The van der Waals surface area contributed by atoms with E-state index in [2.05, 4.69) is 11.0 Å². The molecule has 0 heterocycles. The number of benzene rings is 1. The summed E-state index contributed by atoms with van der Waals surface area (Å²) in [4.78, 5) is 5.62. The van der Waals surface area contributed by atoms with Crippen LogP contribution in [-0.4, -0.2) is 28.9 Å². The van der Waals surface area contributed by atoms with E-state index in [0.717, 1.165) is 12.1 Å². The maximum Gasteiger partial charge on any atom is 0.416 e. The first-order valence-electron chi connectivity index (χ1n) is 8.72. The molecule has 0 radical (unpaired) electrons. The van der Waals surface area contributed by atoms with Crippen molar-refractivity contribution in [1.29, 1.82) is 0 Å². The Kier molecular flexibility index (Phi) is 6.35. The van der Waals surface area contributed by atoms with Crippen LogP contribution in [0.4, 0.5) is 13.2 Å². The monoisotopic (exact) mass is 375 g/mol. The number of hydrogen-bond acceptors (Lipinski definition) is 5. The molecule has 1 fully saturated rings. The highest BCUT2D eigenvalue weighted by Crippen LogP contribution is 2.40. The highest BCUT2D eigenvalue weighted by atomic mass is 19.4. The summed E-state index contributed by atoms with van der Waals surface area (Å²) in [6, 6.07) is 4.95. The van der Waals surface area contributed by atoms with Gasteiger partial charge in [0.25, 0.3) is 0 Å². The van der Waals surface area contributed by atoms with Crippen molar-refractivity contribution in [1.82, 2.24) is 16.1 Å². The first-order valence-corrected chi connectivity index (χ1v) is 8.72. The lowest BCUT2D eigenvalue weighted by Gasteiger charge is -2.37. The van der Waals surface area contributed by atoms with Crippen molar-refractivity contribution in [3.05, 3.63) is 35.4 Å². The molecule has 8 heteroatoms. The highest BCUT2D eigenvalue weighted by Gasteiger charge is 2.38. The van der Waals surface area contributed by atoms with Crippen LogP contribution in [0.1, 0.15) is 57.6 Å². The molecule has 0 saturated heterocycles. The molecule has 0 atom stereocenters. The number of nitrogens with zero attached hydrogens (tertiary/aromatic N) is 1. The molecule has 0 aliphatic heterocycles. The standard InChI is InChI=1S/C18H28F3N3O2/c1-16(2,3)22-24(4)23-26-15-8-10-17(25,11-9-15)13-6-5-7-14(12-13)18(19,20)21/h5-7,12,15,22-23,25H,8-11H2,1-4H3. The summed E-state index contributed by atoms with van der Waals surface area (Å²) in [5.74, 6) is 0. The molecule has 0 bridgehead atoms. The summed E-state index contributed by atoms with van der Waals surface area (Å²) >= 11 is 0. The van der Waals surface area contributed by atoms with Crippen LogP contribution in [0.2, 0.25) is 0 Å². The molecule has 0 spiro atoms. The quantitative estimate of drug-likeness (QED) is 0.688. The SMILES string of the molecule is CN(NOC1CCC(O)(c2cccc(C(F)(F)F)c2)CC1)NC(C)(C)C. The number of hydrazine groups is 2. The van der Waals surface area contributed by atoms with Crippen LogP contribution in [0, 0.1) is 0 Å². The first kappa shape index (κ1) is 21.1. The van der Waals surface area contributed by atoms with Gasteiger partial charge >= 0.3 is 6.18 Å². The van der Waals surface area contributed by atoms with Crippen LogP contribution < -0.4 is 11.0 Å². The van der Waals surface area contributed by atoms with Gasteiger partial charge in [-0.05, 0) is 64.2 Å². The largest absolute Gasteiger partial charge is 0.416 e. The van der Waals surface area contributed by atoms with Crippen molar-refractivity contribution < 1.29 is 23.1 Å². The van der Waals surface area contributed by atoms with E-state index >= 15 is 0 Å². The smallest absolute Gasteiger partial charge is 0.385 e. The van der Waals surface area contributed by atoms with Gasteiger partial charge in [-0.3, -0.25) is 4.84 Å². The Morgan fingerprint density at radius 2 is 1.81 bits per heavy atom. The molecule has 3 N–H and O–H groups in total. The molecule has 26 heavy (non-hydrogen) atoms. The van der Waals surface area contributed by atoms with E-state index < -0.39 is 17.3 Å². The van der Waals surface area contributed by atoms with Crippen LogP contribution in [0.25, 0.3) is 0 Å². The fourth-order valence-electron chi connectivity index (χ4n) is 3.14. The molecule has 1 aliphatic rings. The van der Waals surface area contributed by atoms with Crippen molar-refractivity contribution in [3.63, 3.8) is 0 Å². The van der Waals surface area contributed by atoms with E-state index in [1.807, 2.05) is 20.8 Å². The molecule has 0 aromatic heterocycles. The summed E-state index contributed by atoms with van der Waals surface area (Å²) < 4.78 is 38.7. The van der Waals surface area contributed by atoms with Crippen molar-refractivity contribution in [2.24, 2.45) is 0 Å². The van der Waals surface area contributed by atoms with Gasteiger partial charge in [0.1, 0.15) is 0 Å². The van der Waals surface area contributed by atoms with E-state index in [9.17, 15) is 18.3 Å². The Labute approximate surface area is 152 Å². The van der Waals surface area contributed by atoms with Crippen LogP contribution in [0.3, 0.4) is 0 Å². The zero-order valence-corrected chi connectivity index (χ0v) is 15.7. The summed E-state index contributed by atoms with van der Waals surface area (Å²) in [6.45, 7) is 6.04. The fourth-order valence-corrected chi connectivity index (χ4v) is 3.14. The fraction of sp³-hybridized carbons (Fsp3) is 0.667. The molecule has 0 unspecified atom stereocenters. The van der Waals surface area contributed by atoms with Crippen molar-refractivity contribution in [2.75, 3.05) is 7.05 Å². The van der Waals surface area contributed by atoms with Gasteiger partial charge in [0.05, 0.1) is 17.3 Å². The van der Waals surface area contributed by atoms with Gasteiger partial charge < -0.3 is 5.11 Å². The van der Waals surface area contributed by atoms with Crippen LogP contribution in [0.5, 0.6) is 0 Å². The number of aliphatic hydroxyl groups is 1. The molecule has 0 amide bonds. The molecular weight excluding hydrogens is 347 g/mol. The number of halogens is 3. The number of alkyl halides is 3. The van der Waals surface area contributed by atoms with Gasteiger partial charge in [-0.25, -0.2) is 5.43 Å². The molecule has 2 rings (SSSR count). The Morgan fingerprint density at radius 3 is 2.35 bits per heavy atom. The average molecular weight is 375 g/mol. The summed E-state index contributed by atoms with van der Waals surface area (Å²) in [7, 11) is 1.78. The molecule has 1 saturated carbocycles. The molecule has 1 aromatic carbocycles. The third kappa shape index (κ3) is 5.92. The third-order valence-electron chi connectivity index (χ3n) is 4.35. The second kappa shape index (κ2) is 7.82. The van der Waals surface area contributed by atoms with Gasteiger partial charge in [0.15, 0.2) is 0 Å². The summed E-state index contributed by atoms with van der Waals surface area (Å²) in [6.07, 6.45) is -2.76. The predicted molar refractivity (Wildman–Crippen MR) is 92.5 cm³/mol. The Hall–Kier alpha value is -1.19. The predicted octanol–water partition coefficient (Wildman–Crippen LogP) is 3.51. The number of rotatable bonds is 5. The molecule has 1 aromatic rings. The van der Waals surface area contributed by atoms with Gasteiger partial charge in [-0.2, -0.15) is 18.3 Å². The average Bonchev–Trinajstić information content (AvgIpc) is 2.52. The maximum absolute atomic E-state index is 12.9. The summed E-state index contributed by atoms with van der Waals surface area (Å²) in [5, 5.41) is 12.4. The lowest BCUT2D eigenvalue weighted by atomic mass is 9.78. The van der Waals surface area contributed by atoms with Crippen molar-refractivity contribution in [2.45, 2.75) is 69.9 Å². The van der Waals surface area contributed by atoms with E-state index in [0.29, 0.717) is 31.2 Å². The Bertz CT molecular complexity index is 594. The number of hydrogen-bond donors (Lipinski definition) is 3. The minimum Gasteiger partial charge on any atom is -0.385 e. The normalized spacial score (nSPS) is 24.9. The molecule has 148 valence electrons. The van der Waals surface area contributed by atoms with E-state index in [1.54, 1.807) is 18.2 Å². The van der Waals surface area contributed by atoms with Gasteiger partial charge in [0.2, 0.25) is 0 Å². The van der Waals surface area contributed by atoms with Crippen LogP contribution >= 0.6 is 0 Å². The lowest BCUT2D eigenvalue weighted by molar-refractivity contribution is -0.163. The van der Waals surface area contributed by atoms with Gasteiger partial charge in [-0.15, -0.1) is 5.59 Å². The zero-order valence-electron chi connectivity index (χ0n) is 15.7. The Balaban J connectivity index is 1.91. The second-order valence-electron chi connectivity index (χ2n) is 7.94. The van der Waals surface area contributed by atoms with Crippen LogP contribution in [0.15, 0.2) is 24.3 Å². The van der Waals surface area contributed by atoms with Gasteiger partial charge in [0, 0.05) is 12.6 Å². The van der Waals surface area contributed by atoms with E-state index in [4.69, 9.17) is 4.84 Å². The Morgan fingerprint density at radius 1 is 1.19 bits per heavy atom. The van der Waals surface area contributed by atoms with Crippen molar-refractivity contribution in [3.8, 4) is 0 Å². The van der Waals surface area contributed by atoms with Crippen LogP contribution in [-0.2, 0) is 16.6 Å². The second-order valence-corrected chi connectivity index (χ2v) is 7.94. The lowest BCUT2D eigenvalue weighted by Crippen LogP contribution is -2.54. The first-order chi connectivity index (χ1) is 11.9. The number of nitrogens with one attached hydrogen (secondary N) is 2. The molecule has 5 nitrogen and oxygen atoms in total. The van der Waals surface area contributed by atoms with Crippen molar-refractivity contribution >= 4 is 0 Å². The minimum absolute atomic E-state index is 0.120. The van der Waals surface area contributed by atoms with E-state index in [-0.39, 0.29) is 11.6 Å². The molecule has 1 aliphatic carbocycles. The topological polar surface area (TPSA) is 56.8 Å². The van der Waals surface area contributed by atoms with E-state index in [1.165, 1.54) is 6.07 Å². The zero-order chi connectivity index (χ0) is 19.6. The third-order valence-corrected chi connectivity index (χ3v) is 4.35. The summed E-state index contributed by atoms with van der Waals surface area (Å²) in [5.41, 5.74) is 4.16.